The molecule has 1 heterocycles. The lowest BCUT2D eigenvalue weighted by Crippen LogP contribution is -2.46. The number of carbonyl (C=O) groups is 1. The van der Waals surface area contributed by atoms with E-state index < -0.39 is 5.60 Å². The Labute approximate surface area is 90.8 Å². The van der Waals surface area contributed by atoms with Gasteiger partial charge >= 0.3 is 6.09 Å². The maximum atomic E-state index is 11.7. The van der Waals surface area contributed by atoms with Gasteiger partial charge in [-0.25, -0.2) is 4.79 Å². The van der Waals surface area contributed by atoms with E-state index in [4.69, 9.17) is 10.5 Å². The molecule has 0 spiro atoms. The topological polar surface area (TPSA) is 55.6 Å². The molecular formula is C11H20N2O2. The third-order valence-electron chi connectivity index (χ3n) is 3.27. The van der Waals surface area contributed by atoms with Crippen molar-refractivity contribution in [3.8, 4) is 0 Å². The number of nitrogens with two attached hydrogens (primary N) is 1. The van der Waals surface area contributed by atoms with Crippen molar-refractivity contribution in [1.29, 1.82) is 0 Å². The highest BCUT2D eigenvalue weighted by molar-refractivity contribution is 5.68. The molecule has 0 aromatic rings. The van der Waals surface area contributed by atoms with Gasteiger partial charge in [0.1, 0.15) is 5.60 Å². The van der Waals surface area contributed by atoms with E-state index >= 15 is 0 Å². The number of carbonyl (C=O) groups excluding carboxylic acids is 1. The van der Waals surface area contributed by atoms with Crippen LogP contribution in [0, 0.1) is 11.8 Å². The van der Waals surface area contributed by atoms with Gasteiger partial charge in [-0.15, -0.1) is 0 Å². The van der Waals surface area contributed by atoms with Crippen molar-refractivity contribution in [2.45, 2.75) is 38.8 Å². The van der Waals surface area contributed by atoms with Crippen molar-refractivity contribution < 1.29 is 9.53 Å². The van der Waals surface area contributed by atoms with Gasteiger partial charge < -0.3 is 15.4 Å². The van der Waals surface area contributed by atoms with Gasteiger partial charge in [-0.1, -0.05) is 0 Å². The summed E-state index contributed by atoms with van der Waals surface area (Å²) in [5, 5.41) is 0. The summed E-state index contributed by atoms with van der Waals surface area (Å²) in [6, 6.07) is 0.294. The smallest absolute Gasteiger partial charge is 0.410 e. The Morgan fingerprint density at radius 3 is 2.53 bits per heavy atom. The van der Waals surface area contributed by atoms with Gasteiger partial charge in [0.15, 0.2) is 0 Å². The van der Waals surface area contributed by atoms with E-state index in [9.17, 15) is 4.79 Å². The number of nitrogens with zero attached hydrogens (tertiary/aromatic N) is 1. The molecule has 2 N–H and O–H groups in total. The molecule has 4 nitrogen and oxygen atoms in total. The van der Waals surface area contributed by atoms with Crippen molar-refractivity contribution in [1.82, 2.24) is 4.90 Å². The van der Waals surface area contributed by atoms with Crippen LogP contribution in [0.2, 0.25) is 0 Å². The molecule has 15 heavy (non-hydrogen) atoms. The highest BCUT2D eigenvalue weighted by Crippen LogP contribution is 2.39. The Balaban J connectivity index is 1.88. The summed E-state index contributed by atoms with van der Waals surface area (Å²) in [7, 11) is 0. The van der Waals surface area contributed by atoms with Crippen LogP contribution >= 0.6 is 0 Å². The number of hydrogen-bond donors (Lipinski definition) is 1. The first-order valence-electron chi connectivity index (χ1n) is 5.60. The SMILES string of the molecule is CC(C)(C)OC(=O)N1CC2CC(N)C2C1. The number of ether oxygens (including phenoxy) is 1. The third kappa shape index (κ3) is 2.09. The summed E-state index contributed by atoms with van der Waals surface area (Å²) in [5.41, 5.74) is 5.47. The first kappa shape index (κ1) is 10.7. The maximum Gasteiger partial charge on any atom is 0.410 e. The lowest BCUT2D eigenvalue weighted by atomic mass is 9.72. The minimum atomic E-state index is -0.402. The fraction of sp³-hybridized carbons (Fsp3) is 0.909. The molecule has 2 fully saturated rings. The molecule has 0 aromatic carbocycles. The average molecular weight is 212 g/mol. The van der Waals surface area contributed by atoms with E-state index in [1.807, 2.05) is 20.8 Å². The van der Waals surface area contributed by atoms with Crippen LogP contribution in [0.15, 0.2) is 0 Å². The van der Waals surface area contributed by atoms with E-state index in [2.05, 4.69) is 0 Å². The molecule has 1 aliphatic carbocycles. The maximum absolute atomic E-state index is 11.7. The molecule has 1 amide bonds. The summed E-state index contributed by atoms with van der Waals surface area (Å²) in [6.07, 6.45) is 0.869. The molecule has 3 unspecified atom stereocenters. The highest BCUT2D eigenvalue weighted by Gasteiger charge is 2.47. The largest absolute Gasteiger partial charge is 0.444 e. The van der Waals surface area contributed by atoms with E-state index in [1.165, 1.54) is 0 Å². The van der Waals surface area contributed by atoms with Crippen molar-refractivity contribution in [2.24, 2.45) is 17.6 Å². The lowest BCUT2D eigenvalue weighted by Gasteiger charge is -2.35. The average Bonchev–Trinajstić information content (AvgIpc) is 2.39. The van der Waals surface area contributed by atoms with E-state index in [0.717, 1.165) is 19.5 Å². The van der Waals surface area contributed by atoms with E-state index in [1.54, 1.807) is 4.90 Å². The van der Waals surface area contributed by atoms with Crippen LogP contribution in [-0.4, -0.2) is 35.7 Å². The van der Waals surface area contributed by atoms with Gasteiger partial charge in [0.05, 0.1) is 0 Å². The molecule has 86 valence electrons. The van der Waals surface area contributed by atoms with Crippen LogP contribution in [0.5, 0.6) is 0 Å². The molecule has 1 saturated heterocycles. The Morgan fingerprint density at radius 2 is 2.07 bits per heavy atom. The molecule has 0 aromatic heterocycles. The van der Waals surface area contributed by atoms with Gasteiger partial charge in [-0.2, -0.15) is 0 Å². The number of hydrogen-bond acceptors (Lipinski definition) is 3. The fourth-order valence-electron chi connectivity index (χ4n) is 2.43. The predicted molar refractivity (Wildman–Crippen MR) is 57.4 cm³/mol. The second-order valence-electron chi connectivity index (χ2n) is 5.71. The second-order valence-corrected chi connectivity index (χ2v) is 5.71. The van der Waals surface area contributed by atoms with Crippen molar-refractivity contribution in [3.05, 3.63) is 0 Å². The molecule has 0 bridgehead atoms. The normalized spacial score (nSPS) is 34.7. The van der Waals surface area contributed by atoms with Gasteiger partial charge in [0, 0.05) is 19.1 Å². The first-order chi connectivity index (χ1) is 6.87. The zero-order chi connectivity index (χ0) is 11.2. The Morgan fingerprint density at radius 1 is 1.40 bits per heavy atom. The van der Waals surface area contributed by atoms with Gasteiger partial charge in [-0.3, -0.25) is 0 Å². The first-order valence-corrected chi connectivity index (χ1v) is 5.60. The predicted octanol–water partition coefficient (Wildman–Crippen LogP) is 1.20. The zero-order valence-electron chi connectivity index (χ0n) is 9.69. The van der Waals surface area contributed by atoms with Crippen LogP contribution in [0.4, 0.5) is 4.79 Å². The fourth-order valence-corrected chi connectivity index (χ4v) is 2.43. The van der Waals surface area contributed by atoms with Gasteiger partial charge in [0.2, 0.25) is 0 Å². The molecule has 0 radical (unpaired) electrons. The minimum Gasteiger partial charge on any atom is -0.444 e. The summed E-state index contributed by atoms with van der Waals surface area (Å²) in [5.74, 6) is 1.13. The van der Waals surface area contributed by atoms with E-state index in [-0.39, 0.29) is 6.09 Å². The minimum absolute atomic E-state index is 0.191. The summed E-state index contributed by atoms with van der Waals surface area (Å²) in [6.45, 7) is 7.28. The second kappa shape index (κ2) is 3.37. The van der Waals surface area contributed by atoms with Gasteiger partial charge in [0.25, 0.3) is 0 Å². The number of rotatable bonds is 0. The molecule has 2 rings (SSSR count). The number of amides is 1. The lowest BCUT2D eigenvalue weighted by molar-refractivity contribution is 0.0288. The van der Waals surface area contributed by atoms with Crippen LogP contribution in [0.25, 0.3) is 0 Å². The Hall–Kier alpha value is -0.770. The monoisotopic (exact) mass is 212 g/mol. The van der Waals surface area contributed by atoms with Crippen LogP contribution in [0.1, 0.15) is 27.2 Å². The Bertz CT molecular complexity index is 272. The van der Waals surface area contributed by atoms with Crippen molar-refractivity contribution >= 4 is 6.09 Å². The molecular weight excluding hydrogens is 192 g/mol. The van der Waals surface area contributed by atoms with Gasteiger partial charge in [-0.05, 0) is 39.0 Å². The zero-order valence-corrected chi connectivity index (χ0v) is 9.69. The quantitative estimate of drug-likeness (QED) is 0.656. The van der Waals surface area contributed by atoms with Crippen LogP contribution in [0.3, 0.4) is 0 Å². The van der Waals surface area contributed by atoms with Crippen LogP contribution in [-0.2, 0) is 4.74 Å². The molecule has 4 heteroatoms. The molecule has 3 atom stereocenters. The molecule has 1 saturated carbocycles. The Kier molecular flexibility index (Phi) is 2.41. The third-order valence-corrected chi connectivity index (χ3v) is 3.27. The molecule has 2 aliphatic rings. The van der Waals surface area contributed by atoms with Crippen molar-refractivity contribution in [2.75, 3.05) is 13.1 Å². The van der Waals surface area contributed by atoms with Crippen molar-refractivity contribution in [3.63, 3.8) is 0 Å². The standard InChI is InChI=1S/C11H20N2O2/c1-11(2,3)15-10(14)13-5-7-4-9(12)8(7)6-13/h7-9H,4-6,12H2,1-3H3. The van der Waals surface area contributed by atoms with E-state index in [0.29, 0.717) is 17.9 Å². The summed E-state index contributed by atoms with van der Waals surface area (Å²) in [4.78, 5) is 13.5. The number of fused-ring (bicyclic) bond motifs is 1. The highest BCUT2D eigenvalue weighted by atomic mass is 16.6. The number of likely N-dealkylation sites (tertiary alicyclic amines) is 1. The molecule has 1 aliphatic heterocycles. The summed E-state index contributed by atoms with van der Waals surface area (Å²) >= 11 is 0. The van der Waals surface area contributed by atoms with Crippen LogP contribution < -0.4 is 5.73 Å². The summed E-state index contributed by atoms with van der Waals surface area (Å²) < 4.78 is 5.33.